The van der Waals surface area contributed by atoms with Crippen molar-refractivity contribution in [3.8, 4) is 5.75 Å². The predicted octanol–water partition coefficient (Wildman–Crippen LogP) is 1.78. The monoisotopic (exact) mass is 373 g/mol. The van der Waals surface area contributed by atoms with Crippen molar-refractivity contribution in [3.63, 3.8) is 0 Å². The second-order valence-electron chi connectivity index (χ2n) is 6.94. The van der Waals surface area contributed by atoms with Crippen LogP contribution < -0.4 is 9.64 Å². The molecule has 0 aromatic heterocycles. The van der Waals surface area contributed by atoms with E-state index in [0.717, 1.165) is 29.1 Å². The number of benzene rings is 1. The van der Waals surface area contributed by atoms with Crippen molar-refractivity contribution >= 4 is 29.4 Å². The molecule has 1 aromatic rings. The zero-order valence-corrected chi connectivity index (χ0v) is 15.7. The molecule has 0 unspecified atom stereocenters. The highest BCUT2D eigenvalue weighted by molar-refractivity contribution is 6.53. The average molecular weight is 373 g/mol. The summed E-state index contributed by atoms with van der Waals surface area (Å²) in [6.45, 7) is 3.48. The maximum Gasteiger partial charge on any atom is 0.339 e. The maximum atomic E-state index is 12.7. The van der Waals surface area contributed by atoms with Gasteiger partial charge < -0.3 is 9.64 Å². The minimum absolute atomic E-state index is 0.0439. The van der Waals surface area contributed by atoms with Crippen molar-refractivity contribution in [2.45, 2.75) is 45.2 Å². The molecule has 8 nitrogen and oxygen atoms in total. The Morgan fingerprint density at radius 3 is 2.19 bits per heavy atom. The number of methoxy groups -OCH3 is 1. The Morgan fingerprint density at radius 1 is 1.04 bits per heavy atom. The van der Waals surface area contributed by atoms with Crippen LogP contribution >= 0.6 is 0 Å². The highest BCUT2D eigenvalue weighted by atomic mass is 16.5. The van der Waals surface area contributed by atoms with Crippen LogP contribution in [-0.2, 0) is 14.4 Å². The van der Waals surface area contributed by atoms with Crippen LogP contribution in [0.25, 0.3) is 0 Å². The first-order valence-electron chi connectivity index (χ1n) is 9.00. The van der Waals surface area contributed by atoms with Crippen molar-refractivity contribution < 1.29 is 23.9 Å². The molecule has 2 fully saturated rings. The van der Waals surface area contributed by atoms with E-state index < -0.39 is 24.4 Å². The number of likely N-dealkylation sites (tertiary alicyclic amines) is 1. The summed E-state index contributed by atoms with van der Waals surface area (Å²) in [5.41, 5.74) is 0.258. The molecule has 2 saturated heterocycles. The van der Waals surface area contributed by atoms with E-state index in [0.29, 0.717) is 5.75 Å². The van der Waals surface area contributed by atoms with Crippen LogP contribution in [0, 0.1) is 0 Å². The number of urea groups is 1. The Kier molecular flexibility index (Phi) is 5.16. The highest BCUT2D eigenvalue weighted by Gasteiger charge is 2.47. The number of piperidine rings is 1. The number of carbonyl (C=O) groups excluding carboxylic acids is 4. The lowest BCUT2D eigenvalue weighted by molar-refractivity contribution is -0.144. The van der Waals surface area contributed by atoms with Gasteiger partial charge in [0.2, 0.25) is 5.91 Å². The van der Waals surface area contributed by atoms with Crippen LogP contribution in [-0.4, -0.2) is 59.3 Å². The fraction of sp³-hybridized carbons (Fsp3) is 0.474. The first kappa shape index (κ1) is 18.9. The minimum Gasteiger partial charge on any atom is -0.497 e. The van der Waals surface area contributed by atoms with Gasteiger partial charge in [0.25, 0.3) is 0 Å². The molecule has 2 aliphatic rings. The number of carbonyl (C=O) groups is 4. The third kappa shape index (κ3) is 3.39. The largest absolute Gasteiger partial charge is 0.497 e. The molecule has 2 heterocycles. The average Bonchev–Trinajstić information content (AvgIpc) is 2.85. The summed E-state index contributed by atoms with van der Waals surface area (Å²) in [6, 6.07) is 5.49. The second-order valence-corrected chi connectivity index (χ2v) is 6.94. The SMILES string of the molecule is COc1ccc(N2C(=O)C(=O)N(CC(=O)N3[C@H](C)CCC[C@@H]3C)C2=O)cc1. The molecule has 3 rings (SSSR count). The van der Waals surface area contributed by atoms with Gasteiger partial charge in [0.05, 0.1) is 12.8 Å². The van der Waals surface area contributed by atoms with E-state index in [1.165, 1.54) is 19.2 Å². The molecule has 0 spiro atoms. The number of nitrogens with zero attached hydrogens (tertiary/aromatic N) is 3. The van der Waals surface area contributed by atoms with Crippen molar-refractivity contribution in [2.75, 3.05) is 18.6 Å². The molecule has 2 atom stereocenters. The zero-order chi connectivity index (χ0) is 19.7. The van der Waals surface area contributed by atoms with E-state index in [9.17, 15) is 19.2 Å². The molecule has 0 aliphatic carbocycles. The van der Waals surface area contributed by atoms with Gasteiger partial charge in [-0.3, -0.25) is 14.4 Å². The fourth-order valence-corrected chi connectivity index (χ4v) is 3.73. The normalized spacial score (nSPS) is 23.2. The lowest BCUT2D eigenvalue weighted by atomic mass is 9.97. The molecule has 0 N–H and O–H groups in total. The maximum absolute atomic E-state index is 12.7. The van der Waals surface area contributed by atoms with E-state index in [2.05, 4.69) is 0 Å². The number of anilines is 1. The van der Waals surface area contributed by atoms with Gasteiger partial charge in [0, 0.05) is 12.1 Å². The van der Waals surface area contributed by atoms with Gasteiger partial charge in [-0.25, -0.2) is 14.6 Å². The van der Waals surface area contributed by atoms with E-state index in [1.807, 2.05) is 13.8 Å². The molecule has 1 aromatic carbocycles. The molecule has 27 heavy (non-hydrogen) atoms. The number of hydrogen-bond acceptors (Lipinski definition) is 5. The van der Waals surface area contributed by atoms with Gasteiger partial charge in [0.1, 0.15) is 12.3 Å². The smallest absolute Gasteiger partial charge is 0.339 e. The number of hydrogen-bond donors (Lipinski definition) is 0. The summed E-state index contributed by atoms with van der Waals surface area (Å²) in [5.74, 6) is -1.70. The Hall–Kier alpha value is -2.90. The fourth-order valence-electron chi connectivity index (χ4n) is 3.73. The van der Waals surface area contributed by atoms with Crippen molar-refractivity contribution in [1.29, 1.82) is 0 Å². The summed E-state index contributed by atoms with van der Waals surface area (Å²) in [5, 5.41) is 0. The Morgan fingerprint density at radius 2 is 1.63 bits per heavy atom. The van der Waals surface area contributed by atoms with Gasteiger partial charge >= 0.3 is 17.8 Å². The first-order chi connectivity index (χ1) is 12.8. The quantitative estimate of drug-likeness (QED) is 0.593. The third-order valence-corrected chi connectivity index (χ3v) is 5.16. The van der Waals surface area contributed by atoms with Gasteiger partial charge in [-0.05, 0) is 57.4 Å². The van der Waals surface area contributed by atoms with Crippen LogP contribution in [0.15, 0.2) is 24.3 Å². The molecule has 0 saturated carbocycles. The highest BCUT2D eigenvalue weighted by Crippen LogP contribution is 2.26. The zero-order valence-electron chi connectivity index (χ0n) is 15.7. The standard InChI is InChI=1S/C19H23N3O5/c1-12-5-4-6-13(2)21(12)16(23)11-20-17(24)18(25)22(19(20)26)14-7-9-15(27-3)10-8-14/h7-10,12-13H,4-6,11H2,1-3H3/t12-,13+. The summed E-state index contributed by atoms with van der Waals surface area (Å²) in [7, 11) is 1.50. The van der Waals surface area contributed by atoms with E-state index >= 15 is 0 Å². The van der Waals surface area contributed by atoms with Crippen molar-refractivity contribution in [1.82, 2.24) is 9.80 Å². The number of rotatable bonds is 4. The number of imide groups is 2. The van der Waals surface area contributed by atoms with Crippen LogP contribution in [0.4, 0.5) is 10.5 Å². The summed E-state index contributed by atoms with van der Waals surface area (Å²) in [4.78, 5) is 53.3. The molecular weight excluding hydrogens is 350 g/mol. The topological polar surface area (TPSA) is 87.2 Å². The molecular formula is C19H23N3O5. The Balaban J connectivity index is 1.78. The second kappa shape index (κ2) is 7.38. The van der Waals surface area contributed by atoms with Gasteiger partial charge in [-0.1, -0.05) is 0 Å². The van der Waals surface area contributed by atoms with Gasteiger partial charge in [-0.15, -0.1) is 0 Å². The van der Waals surface area contributed by atoms with E-state index in [4.69, 9.17) is 4.74 Å². The van der Waals surface area contributed by atoms with Crippen LogP contribution in [0.2, 0.25) is 0 Å². The molecule has 5 amide bonds. The summed E-state index contributed by atoms with van der Waals surface area (Å²) in [6.07, 6.45) is 2.81. The van der Waals surface area contributed by atoms with E-state index in [1.54, 1.807) is 17.0 Å². The minimum atomic E-state index is -0.985. The lowest BCUT2D eigenvalue weighted by Gasteiger charge is -2.39. The molecule has 0 bridgehead atoms. The molecule has 2 aliphatic heterocycles. The van der Waals surface area contributed by atoms with E-state index in [-0.39, 0.29) is 23.7 Å². The molecule has 0 radical (unpaired) electrons. The lowest BCUT2D eigenvalue weighted by Crippen LogP contribution is -2.52. The van der Waals surface area contributed by atoms with Gasteiger partial charge in [-0.2, -0.15) is 0 Å². The van der Waals surface area contributed by atoms with Gasteiger partial charge in [0.15, 0.2) is 0 Å². The molecule has 8 heteroatoms. The number of ether oxygens (including phenoxy) is 1. The van der Waals surface area contributed by atoms with Crippen LogP contribution in [0.1, 0.15) is 33.1 Å². The summed E-state index contributed by atoms with van der Waals surface area (Å²) < 4.78 is 5.05. The Bertz CT molecular complexity index is 766. The summed E-state index contributed by atoms with van der Waals surface area (Å²) >= 11 is 0. The number of amides is 5. The van der Waals surface area contributed by atoms with Crippen molar-refractivity contribution in [3.05, 3.63) is 24.3 Å². The van der Waals surface area contributed by atoms with Crippen LogP contribution in [0.5, 0.6) is 5.75 Å². The Labute approximate surface area is 157 Å². The predicted molar refractivity (Wildman–Crippen MR) is 97.2 cm³/mol. The van der Waals surface area contributed by atoms with Crippen molar-refractivity contribution in [2.24, 2.45) is 0 Å². The van der Waals surface area contributed by atoms with Crippen LogP contribution in [0.3, 0.4) is 0 Å². The third-order valence-electron chi connectivity index (χ3n) is 5.16. The first-order valence-corrected chi connectivity index (χ1v) is 9.00. The molecule has 144 valence electrons.